The second-order valence-electron chi connectivity index (χ2n) is 5.72. The average molecular weight is 287 g/mol. The van der Waals surface area contributed by atoms with E-state index in [0.717, 1.165) is 6.42 Å². The van der Waals surface area contributed by atoms with E-state index in [0.29, 0.717) is 36.5 Å². The first-order valence-corrected chi connectivity index (χ1v) is 7.04. The molecule has 0 radical (unpaired) electrons. The summed E-state index contributed by atoms with van der Waals surface area (Å²) < 4.78 is 19.0. The highest BCUT2D eigenvalue weighted by Crippen LogP contribution is 2.37. The Morgan fingerprint density at radius 2 is 2.21 bits per heavy atom. The fourth-order valence-corrected chi connectivity index (χ4v) is 2.92. The number of ether oxygens (including phenoxy) is 1. The molecule has 1 aliphatic heterocycles. The smallest absolute Gasteiger partial charge is 0.123 e. The highest BCUT2D eigenvalue weighted by atomic mass is 35.5. The first-order valence-electron chi connectivity index (χ1n) is 6.66. The van der Waals surface area contributed by atoms with Gasteiger partial charge in [0.2, 0.25) is 0 Å². The molecular formula is C15H20ClFO2. The van der Waals surface area contributed by atoms with Crippen LogP contribution in [-0.4, -0.2) is 22.9 Å². The lowest BCUT2D eigenvalue weighted by atomic mass is 9.78. The van der Waals surface area contributed by atoms with Gasteiger partial charge >= 0.3 is 0 Å². The normalized spacial score (nSPS) is 31.4. The fraction of sp³-hybridized carbons (Fsp3) is 0.600. The Morgan fingerprint density at radius 1 is 1.47 bits per heavy atom. The molecule has 0 saturated carbocycles. The number of hydrogen-bond donors (Lipinski definition) is 1. The first kappa shape index (κ1) is 14.8. The van der Waals surface area contributed by atoms with Crippen LogP contribution in [0.15, 0.2) is 18.2 Å². The zero-order valence-electron chi connectivity index (χ0n) is 11.4. The van der Waals surface area contributed by atoms with E-state index in [1.165, 1.54) is 18.2 Å². The summed E-state index contributed by atoms with van der Waals surface area (Å²) in [7, 11) is 0. The quantitative estimate of drug-likeness (QED) is 0.917. The third kappa shape index (κ3) is 3.47. The van der Waals surface area contributed by atoms with E-state index in [2.05, 4.69) is 0 Å². The Hall–Kier alpha value is -0.640. The van der Waals surface area contributed by atoms with Crippen molar-refractivity contribution in [2.45, 2.75) is 50.7 Å². The van der Waals surface area contributed by atoms with Crippen LogP contribution in [0.2, 0.25) is 5.02 Å². The molecule has 1 N–H and O–H groups in total. The monoisotopic (exact) mass is 286 g/mol. The zero-order valence-corrected chi connectivity index (χ0v) is 12.1. The van der Waals surface area contributed by atoms with Crippen molar-refractivity contribution < 1.29 is 14.2 Å². The summed E-state index contributed by atoms with van der Waals surface area (Å²) in [5.74, 6) is -0.326. The number of aliphatic hydroxyl groups is 1. The van der Waals surface area contributed by atoms with Gasteiger partial charge in [0.05, 0.1) is 17.8 Å². The molecule has 1 aromatic carbocycles. The maximum Gasteiger partial charge on any atom is 0.123 e. The van der Waals surface area contributed by atoms with E-state index >= 15 is 0 Å². The Morgan fingerprint density at radius 3 is 2.89 bits per heavy atom. The lowest BCUT2D eigenvalue weighted by Crippen LogP contribution is -2.48. The molecule has 2 rings (SSSR count). The van der Waals surface area contributed by atoms with Gasteiger partial charge in [0.15, 0.2) is 0 Å². The van der Waals surface area contributed by atoms with Gasteiger partial charge in [-0.2, -0.15) is 0 Å². The molecule has 19 heavy (non-hydrogen) atoms. The summed E-state index contributed by atoms with van der Waals surface area (Å²) in [5, 5.41) is 11.2. The van der Waals surface area contributed by atoms with Crippen molar-refractivity contribution in [2.75, 3.05) is 6.61 Å². The van der Waals surface area contributed by atoms with Gasteiger partial charge in [-0.1, -0.05) is 18.5 Å². The zero-order chi connectivity index (χ0) is 14.1. The van der Waals surface area contributed by atoms with Crippen molar-refractivity contribution in [3.8, 4) is 0 Å². The predicted octanol–water partition coefficient (Wildman–Crippen LogP) is 3.73. The maximum atomic E-state index is 13.3. The summed E-state index contributed by atoms with van der Waals surface area (Å²) >= 11 is 6.07. The number of benzene rings is 1. The molecule has 1 aliphatic rings. The SMILES string of the molecule is CCC1(C)CC(O)(Cc2cc(F)ccc2Cl)CCO1. The van der Waals surface area contributed by atoms with Crippen molar-refractivity contribution in [3.05, 3.63) is 34.6 Å². The van der Waals surface area contributed by atoms with Crippen molar-refractivity contribution in [3.63, 3.8) is 0 Å². The summed E-state index contributed by atoms with van der Waals surface area (Å²) in [6.07, 6.45) is 2.30. The van der Waals surface area contributed by atoms with Gasteiger partial charge in [-0.25, -0.2) is 4.39 Å². The number of rotatable bonds is 3. The first-order chi connectivity index (χ1) is 8.86. The van der Waals surface area contributed by atoms with Crippen LogP contribution in [0, 0.1) is 5.82 Å². The molecule has 2 nitrogen and oxygen atoms in total. The second kappa shape index (κ2) is 5.39. The topological polar surface area (TPSA) is 29.5 Å². The second-order valence-corrected chi connectivity index (χ2v) is 6.12. The van der Waals surface area contributed by atoms with E-state index < -0.39 is 5.60 Å². The molecular weight excluding hydrogens is 267 g/mol. The lowest BCUT2D eigenvalue weighted by molar-refractivity contribution is -0.152. The molecule has 0 aromatic heterocycles. The molecule has 4 heteroatoms. The van der Waals surface area contributed by atoms with Crippen molar-refractivity contribution in [2.24, 2.45) is 0 Å². The van der Waals surface area contributed by atoms with Gasteiger partial charge in [-0.3, -0.25) is 0 Å². The Kier molecular flexibility index (Phi) is 4.19. The Bertz CT molecular complexity index is 465. The predicted molar refractivity (Wildman–Crippen MR) is 73.9 cm³/mol. The van der Waals surface area contributed by atoms with Crippen molar-refractivity contribution in [1.82, 2.24) is 0 Å². The minimum absolute atomic E-state index is 0.313. The molecule has 2 atom stereocenters. The highest BCUT2D eigenvalue weighted by Gasteiger charge is 2.41. The van der Waals surface area contributed by atoms with Gasteiger partial charge < -0.3 is 9.84 Å². The van der Waals surface area contributed by atoms with E-state index in [9.17, 15) is 9.50 Å². The minimum Gasteiger partial charge on any atom is -0.389 e. The van der Waals surface area contributed by atoms with Crippen LogP contribution in [0.5, 0.6) is 0 Å². The lowest BCUT2D eigenvalue weighted by Gasteiger charge is -2.43. The molecule has 2 unspecified atom stereocenters. The average Bonchev–Trinajstić information content (AvgIpc) is 2.33. The Labute approximate surface area is 118 Å². The highest BCUT2D eigenvalue weighted by molar-refractivity contribution is 6.31. The van der Waals surface area contributed by atoms with E-state index in [4.69, 9.17) is 16.3 Å². The summed E-state index contributed by atoms with van der Waals surface area (Å²) in [6.45, 7) is 4.57. The van der Waals surface area contributed by atoms with E-state index in [-0.39, 0.29) is 11.4 Å². The third-order valence-electron chi connectivity index (χ3n) is 4.00. The van der Waals surface area contributed by atoms with Crippen molar-refractivity contribution >= 4 is 11.6 Å². The van der Waals surface area contributed by atoms with Crippen LogP contribution in [0.1, 0.15) is 38.7 Å². The molecule has 1 aromatic rings. The van der Waals surface area contributed by atoms with Gasteiger partial charge in [0.25, 0.3) is 0 Å². The summed E-state index contributed by atoms with van der Waals surface area (Å²) in [5.41, 5.74) is -0.530. The molecule has 1 saturated heterocycles. The molecule has 1 fully saturated rings. The third-order valence-corrected chi connectivity index (χ3v) is 4.36. The largest absolute Gasteiger partial charge is 0.389 e. The van der Waals surface area contributed by atoms with Crippen LogP contribution in [0.3, 0.4) is 0 Å². The van der Waals surface area contributed by atoms with Crippen LogP contribution in [-0.2, 0) is 11.2 Å². The molecule has 106 valence electrons. The number of halogens is 2. The van der Waals surface area contributed by atoms with Gasteiger partial charge in [0.1, 0.15) is 5.82 Å². The van der Waals surface area contributed by atoms with Crippen LogP contribution in [0.4, 0.5) is 4.39 Å². The molecule has 0 spiro atoms. The maximum absolute atomic E-state index is 13.3. The van der Waals surface area contributed by atoms with Crippen LogP contribution in [0.25, 0.3) is 0 Å². The fourth-order valence-electron chi connectivity index (χ4n) is 2.73. The van der Waals surface area contributed by atoms with Gasteiger partial charge in [-0.15, -0.1) is 0 Å². The molecule has 0 bridgehead atoms. The standard InChI is InChI=1S/C15H20ClFO2/c1-3-14(2)10-15(18,6-7-19-14)9-11-8-12(17)4-5-13(11)16/h4-5,8,18H,3,6-7,9-10H2,1-2H3. The summed E-state index contributed by atoms with van der Waals surface area (Å²) in [4.78, 5) is 0. The van der Waals surface area contributed by atoms with Gasteiger partial charge in [-0.05, 0) is 43.5 Å². The Balaban J connectivity index is 2.19. The molecule has 1 heterocycles. The molecule has 0 amide bonds. The molecule has 0 aliphatic carbocycles. The minimum atomic E-state index is -0.875. The summed E-state index contributed by atoms with van der Waals surface area (Å²) in [6, 6.07) is 4.27. The number of hydrogen-bond acceptors (Lipinski definition) is 2. The van der Waals surface area contributed by atoms with Crippen molar-refractivity contribution in [1.29, 1.82) is 0 Å². The van der Waals surface area contributed by atoms with Gasteiger partial charge in [0, 0.05) is 17.9 Å². The van der Waals surface area contributed by atoms with Crippen LogP contribution >= 0.6 is 11.6 Å². The van der Waals surface area contributed by atoms with Crippen LogP contribution < -0.4 is 0 Å². The van der Waals surface area contributed by atoms with E-state index in [1.807, 2.05) is 13.8 Å². The van der Waals surface area contributed by atoms with E-state index in [1.54, 1.807) is 0 Å².